The Morgan fingerprint density at radius 1 is 1.38 bits per heavy atom. The van der Waals surface area contributed by atoms with E-state index in [1.54, 1.807) is 0 Å². The lowest BCUT2D eigenvalue weighted by Gasteiger charge is -2.27. The molecule has 0 heterocycles. The van der Waals surface area contributed by atoms with Gasteiger partial charge in [0.1, 0.15) is 0 Å². The van der Waals surface area contributed by atoms with Crippen LogP contribution in [-0.2, 0) is 10.0 Å². The smallest absolute Gasteiger partial charge is 0.337 e. The Morgan fingerprint density at radius 3 is 2.67 bits per heavy atom. The van der Waals surface area contributed by atoms with Crippen LogP contribution in [0.5, 0.6) is 0 Å². The van der Waals surface area contributed by atoms with E-state index in [0.29, 0.717) is 5.92 Å². The van der Waals surface area contributed by atoms with E-state index in [9.17, 15) is 13.2 Å². The van der Waals surface area contributed by atoms with Crippen LogP contribution >= 0.6 is 11.6 Å². The standard InChI is InChI=1S/C14H18ClNO4S/c1-9-3-2-4-10(7-9)16-21(19,20)11-5-6-12(14(17)18)13(15)8-11/h5-6,8-10,16H,2-4,7H2,1H3,(H,17,18). The average molecular weight is 332 g/mol. The van der Waals surface area contributed by atoms with Gasteiger partial charge in [0.25, 0.3) is 0 Å². The fourth-order valence-corrected chi connectivity index (χ4v) is 4.30. The zero-order chi connectivity index (χ0) is 15.6. The van der Waals surface area contributed by atoms with Gasteiger partial charge in [0, 0.05) is 6.04 Å². The van der Waals surface area contributed by atoms with Gasteiger partial charge in [0.05, 0.1) is 15.5 Å². The molecule has 1 aliphatic carbocycles. The molecule has 0 amide bonds. The van der Waals surface area contributed by atoms with E-state index < -0.39 is 16.0 Å². The molecule has 5 nitrogen and oxygen atoms in total. The molecule has 1 fully saturated rings. The molecule has 7 heteroatoms. The SMILES string of the molecule is CC1CCCC(NS(=O)(=O)c2ccc(C(=O)O)c(Cl)c2)C1. The van der Waals surface area contributed by atoms with Crippen molar-refractivity contribution in [3.05, 3.63) is 28.8 Å². The molecule has 2 atom stereocenters. The molecule has 116 valence electrons. The quantitative estimate of drug-likeness (QED) is 0.888. The summed E-state index contributed by atoms with van der Waals surface area (Å²) in [6.45, 7) is 2.11. The summed E-state index contributed by atoms with van der Waals surface area (Å²) in [6.07, 6.45) is 3.77. The Morgan fingerprint density at radius 2 is 2.10 bits per heavy atom. The molecule has 1 aromatic carbocycles. The summed E-state index contributed by atoms with van der Waals surface area (Å²) in [5.41, 5.74) is -0.109. The summed E-state index contributed by atoms with van der Waals surface area (Å²) in [5, 5.41) is 8.82. The van der Waals surface area contributed by atoms with Gasteiger partial charge in [-0.25, -0.2) is 17.9 Å². The molecule has 0 radical (unpaired) electrons. The van der Waals surface area contributed by atoms with Gasteiger partial charge in [-0.15, -0.1) is 0 Å². The second kappa shape index (κ2) is 6.34. The van der Waals surface area contributed by atoms with E-state index in [4.69, 9.17) is 16.7 Å². The third-order valence-electron chi connectivity index (χ3n) is 3.74. The van der Waals surface area contributed by atoms with Gasteiger partial charge in [-0.2, -0.15) is 0 Å². The number of hydrogen-bond acceptors (Lipinski definition) is 3. The molecule has 1 saturated carbocycles. The highest BCUT2D eigenvalue weighted by Gasteiger charge is 2.25. The van der Waals surface area contributed by atoms with Gasteiger partial charge >= 0.3 is 5.97 Å². The summed E-state index contributed by atoms with van der Waals surface area (Å²) in [7, 11) is -3.68. The van der Waals surface area contributed by atoms with Crippen LogP contribution in [0.15, 0.2) is 23.1 Å². The normalized spacial score (nSPS) is 23.0. The van der Waals surface area contributed by atoms with Crippen LogP contribution in [0.2, 0.25) is 5.02 Å². The first kappa shape index (κ1) is 16.3. The first-order valence-corrected chi connectivity index (χ1v) is 8.71. The van der Waals surface area contributed by atoms with Crippen molar-refractivity contribution < 1.29 is 18.3 Å². The number of sulfonamides is 1. The molecule has 21 heavy (non-hydrogen) atoms. The minimum Gasteiger partial charge on any atom is -0.478 e. The van der Waals surface area contributed by atoms with Crippen molar-refractivity contribution in [2.45, 2.75) is 43.5 Å². The van der Waals surface area contributed by atoms with Crippen molar-refractivity contribution >= 4 is 27.6 Å². The molecule has 1 aromatic rings. The van der Waals surface area contributed by atoms with Gasteiger partial charge in [0.15, 0.2) is 0 Å². The van der Waals surface area contributed by atoms with Crippen molar-refractivity contribution in [2.75, 3.05) is 0 Å². The van der Waals surface area contributed by atoms with E-state index in [1.807, 2.05) is 0 Å². The number of hydrogen-bond donors (Lipinski definition) is 2. The van der Waals surface area contributed by atoms with Gasteiger partial charge in [-0.3, -0.25) is 0 Å². The third-order valence-corrected chi connectivity index (χ3v) is 5.57. The van der Waals surface area contributed by atoms with Crippen molar-refractivity contribution in [3.8, 4) is 0 Å². The Bertz CT molecular complexity index is 644. The van der Waals surface area contributed by atoms with Crippen LogP contribution in [0.3, 0.4) is 0 Å². The fourth-order valence-electron chi connectivity index (χ4n) is 2.67. The molecular weight excluding hydrogens is 314 g/mol. The number of carbonyl (C=O) groups is 1. The number of aromatic carboxylic acids is 1. The predicted octanol–water partition coefficient (Wildman–Crippen LogP) is 2.90. The lowest BCUT2D eigenvalue weighted by atomic mass is 9.88. The molecular formula is C14H18ClNO4S. The monoisotopic (exact) mass is 331 g/mol. The summed E-state index contributed by atoms with van der Waals surface area (Å²) >= 11 is 5.82. The highest BCUT2D eigenvalue weighted by molar-refractivity contribution is 7.89. The van der Waals surface area contributed by atoms with Crippen molar-refractivity contribution in [2.24, 2.45) is 5.92 Å². The number of benzene rings is 1. The lowest BCUT2D eigenvalue weighted by molar-refractivity contribution is 0.0697. The van der Waals surface area contributed by atoms with Gasteiger partial charge in [-0.1, -0.05) is 31.4 Å². The van der Waals surface area contributed by atoms with Crippen LogP contribution < -0.4 is 4.72 Å². The molecule has 0 spiro atoms. The number of nitrogens with one attached hydrogen (secondary N) is 1. The number of halogens is 1. The topological polar surface area (TPSA) is 83.5 Å². The van der Waals surface area contributed by atoms with Crippen LogP contribution in [0.25, 0.3) is 0 Å². The Labute approximate surface area is 129 Å². The fraction of sp³-hybridized carbons (Fsp3) is 0.500. The predicted molar refractivity (Wildman–Crippen MR) is 80.2 cm³/mol. The van der Waals surface area contributed by atoms with Crippen LogP contribution in [0.1, 0.15) is 43.0 Å². The zero-order valence-electron chi connectivity index (χ0n) is 11.7. The van der Waals surface area contributed by atoms with Gasteiger partial charge < -0.3 is 5.11 Å². The van der Waals surface area contributed by atoms with Gasteiger partial charge in [-0.05, 0) is 37.0 Å². The second-order valence-electron chi connectivity index (χ2n) is 5.54. The molecule has 2 unspecified atom stereocenters. The number of carboxylic acids is 1. The maximum atomic E-state index is 12.3. The van der Waals surface area contributed by atoms with E-state index in [-0.39, 0.29) is 21.5 Å². The molecule has 0 aromatic heterocycles. The Hall–Kier alpha value is -1.11. The average Bonchev–Trinajstić information content (AvgIpc) is 2.37. The minimum atomic E-state index is -3.68. The number of rotatable bonds is 4. The summed E-state index contributed by atoms with van der Waals surface area (Å²) in [6, 6.07) is 3.59. The largest absolute Gasteiger partial charge is 0.478 e. The maximum Gasteiger partial charge on any atom is 0.337 e. The zero-order valence-corrected chi connectivity index (χ0v) is 13.2. The van der Waals surface area contributed by atoms with Crippen LogP contribution in [-0.4, -0.2) is 25.5 Å². The van der Waals surface area contributed by atoms with Crippen LogP contribution in [0.4, 0.5) is 0 Å². The summed E-state index contributed by atoms with van der Waals surface area (Å²) < 4.78 is 27.3. The second-order valence-corrected chi connectivity index (χ2v) is 7.66. The molecule has 2 rings (SSSR count). The number of carboxylic acid groups (broad SMARTS) is 1. The van der Waals surface area contributed by atoms with Crippen molar-refractivity contribution in [1.82, 2.24) is 4.72 Å². The summed E-state index contributed by atoms with van der Waals surface area (Å²) in [4.78, 5) is 10.9. The maximum absolute atomic E-state index is 12.3. The highest BCUT2D eigenvalue weighted by Crippen LogP contribution is 2.26. The Kier molecular flexibility index (Phi) is 4.91. The van der Waals surface area contributed by atoms with Crippen molar-refractivity contribution in [3.63, 3.8) is 0 Å². The van der Waals surface area contributed by atoms with Crippen molar-refractivity contribution in [1.29, 1.82) is 0 Å². The lowest BCUT2D eigenvalue weighted by Crippen LogP contribution is -2.37. The van der Waals surface area contributed by atoms with E-state index in [2.05, 4.69) is 11.6 Å². The molecule has 1 aliphatic rings. The van der Waals surface area contributed by atoms with Crippen LogP contribution in [0, 0.1) is 5.92 Å². The first-order chi connectivity index (χ1) is 9.79. The van der Waals surface area contributed by atoms with E-state index >= 15 is 0 Å². The highest BCUT2D eigenvalue weighted by atomic mass is 35.5. The molecule has 2 N–H and O–H groups in total. The summed E-state index contributed by atoms with van der Waals surface area (Å²) in [5.74, 6) is -0.678. The van der Waals surface area contributed by atoms with Gasteiger partial charge in [0.2, 0.25) is 10.0 Å². The molecule has 0 saturated heterocycles. The van der Waals surface area contributed by atoms with E-state index in [0.717, 1.165) is 25.7 Å². The first-order valence-electron chi connectivity index (χ1n) is 6.85. The minimum absolute atomic E-state index is 0.00396. The van der Waals surface area contributed by atoms with E-state index in [1.165, 1.54) is 18.2 Å². The third kappa shape index (κ3) is 3.96. The molecule has 0 bridgehead atoms. The Balaban J connectivity index is 2.19. The molecule has 0 aliphatic heterocycles.